The molecule has 0 spiro atoms. The van der Waals surface area contributed by atoms with E-state index >= 15 is 0 Å². The van der Waals surface area contributed by atoms with Crippen molar-refractivity contribution in [3.05, 3.63) is 22.6 Å². The van der Waals surface area contributed by atoms with Crippen molar-refractivity contribution < 1.29 is 13.2 Å². The molecule has 8 heteroatoms. The molecule has 1 aromatic heterocycles. The van der Waals surface area contributed by atoms with Gasteiger partial charge in [-0.2, -0.15) is 13.2 Å². The van der Waals surface area contributed by atoms with Crippen LogP contribution in [0.3, 0.4) is 0 Å². The minimum atomic E-state index is -4.36. The molecule has 0 N–H and O–H groups in total. The fraction of sp³-hybridized carbons (Fsp3) is 0.692. The smallest absolute Gasteiger partial charge is 0.324 e. The molecule has 3 aliphatic heterocycles. The Kier molecular flexibility index (Phi) is 2.64. The van der Waals surface area contributed by atoms with Gasteiger partial charge in [0.05, 0.1) is 6.54 Å². The molecule has 4 atom stereocenters. The predicted molar refractivity (Wildman–Crippen MR) is 69.2 cm³/mol. The van der Waals surface area contributed by atoms with E-state index < -0.39 is 17.8 Å². The molecule has 2 fully saturated rings. The predicted octanol–water partition coefficient (Wildman–Crippen LogP) is 0.698. The van der Waals surface area contributed by atoms with Gasteiger partial charge in [0.1, 0.15) is 6.04 Å². The van der Waals surface area contributed by atoms with Crippen LogP contribution in [0.2, 0.25) is 0 Å². The lowest BCUT2D eigenvalue weighted by molar-refractivity contribution is -0.150. The standard InChI is InChI=1S/C13H15F3N4O/c14-13(15,16)10-7-19-11(21)1-3-17-12(19)20(10)9-6-18-4-2-8(9)5-18/h1,3,8-10H,2,4-7H2/t8-,9+,10-/m0/s1. The van der Waals surface area contributed by atoms with Gasteiger partial charge in [-0.25, -0.2) is 4.98 Å². The van der Waals surface area contributed by atoms with E-state index in [1.54, 1.807) is 0 Å². The second kappa shape index (κ2) is 4.22. The van der Waals surface area contributed by atoms with Crippen molar-refractivity contribution >= 4 is 5.95 Å². The first-order chi connectivity index (χ1) is 9.95. The third kappa shape index (κ3) is 1.88. The van der Waals surface area contributed by atoms with Gasteiger partial charge in [0.25, 0.3) is 5.56 Å². The summed E-state index contributed by atoms with van der Waals surface area (Å²) < 4.78 is 41.4. The number of piperidine rings is 1. The molecule has 5 nitrogen and oxygen atoms in total. The van der Waals surface area contributed by atoms with Crippen molar-refractivity contribution in [2.24, 2.45) is 5.92 Å². The third-order valence-electron chi connectivity index (χ3n) is 4.87. The molecule has 4 heterocycles. The van der Waals surface area contributed by atoms with Gasteiger partial charge in [-0.3, -0.25) is 9.36 Å². The highest BCUT2D eigenvalue weighted by atomic mass is 19.4. The largest absolute Gasteiger partial charge is 0.410 e. The maximum absolute atomic E-state index is 13.4. The molecular weight excluding hydrogens is 285 g/mol. The monoisotopic (exact) mass is 300 g/mol. The summed E-state index contributed by atoms with van der Waals surface area (Å²) in [5, 5.41) is 0. The van der Waals surface area contributed by atoms with Gasteiger partial charge in [-0.05, 0) is 18.9 Å². The van der Waals surface area contributed by atoms with E-state index in [0.717, 1.165) is 24.1 Å². The number of rotatable bonds is 1. The van der Waals surface area contributed by atoms with Gasteiger partial charge >= 0.3 is 6.18 Å². The van der Waals surface area contributed by atoms with E-state index in [1.165, 1.54) is 17.2 Å². The maximum atomic E-state index is 13.4. The van der Waals surface area contributed by atoms with Gasteiger partial charge in [-0.1, -0.05) is 0 Å². The Balaban J connectivity index is 1.78. The Morgan fingerprint density at radius 1 is 1.24 bits per heavy atom. The summed E-state index contributed by atoms with van der Waals surface area (Å²) >= 11 is 0. The van der Waals surface area contributed by atoms with Gasteiger partial charge < -0.3 is 9.80 Å². The molecule has 1 aromatic rings. The Morgan fingerprint density at radius 3 is 2.67 bits per heavy atom. The summed E-state index contributed by atoms with van der Waals surface area (Å²) in [6.07, 6.45) is -2.15. The zero-order valence-corrected chi connectivity index (χ0v) is 11.3. The molecule has 3 aliphatic rings. The zero-order valence-electron chi connectivity index (χ0n) is 11.3. The van der Waals surface area contributed by atoms with Crippen LogP contribution in [0.25, 0.3) is 0 Å². The summed E-state index contributed by atoms with van der Waals surface area (Å²) in [6.45, 7) is 2.08. The topological polar surface area (TPSA) is 41.4 Å². The minimum absolute atomic E-state index is 0.170. The van der Waals surface area contributed by atoms with E-state index in [0.29, 0.717) is 6.54 Å². The van der Waals surface area contributed by atoms with Gasteiger partial charge in [0.2, 0.25) is 5.95 Å². The SMILES string of the molecule is O=c1ccnc2n1C[C@@H](C(F)(F)F)N2[C@@H]1CN2CC[C@H]1C2. The number of alkyl halides is 3. The van der Waals surface area contributed by atoms with Gasteiger partial charge in [-0.15, -0.1) is 0 Å². The van der Waals surface area contributed by atoms with Gasteiger partial charge in [0, 0.05) is 31.4 Å². The quantitative estimate of drug-likeness (QED) is 0.765. The summed E-state index contributed by atoms with van der Waals surface area (Å²) in [6, 6.07) is -0.635. The van der Waals surface area contributed by atoms with E-state index in [-0.39, 0.29) is 24.5 Å². The minimum Gasteiger partial charge on any atom is -0.324 e. The summed E-state index contributed by atoms with van der Waals surface area (Å²) in [4.78, 5) is 19.4. The molecule has 0 aromatic carbocycles. The van der Waals surface area contributed by atoms with E-state index in [2.05, 4.69) is 9.88 Å². The van der Waals surface area contributed by atoms with E-state index in [4.69, 9.17) is 0 Å². The van der Waals surface area contributed by atoms with Crippen molar-refractivity contribution in [1.29, 1.82) is 0 Å². The summed E-state index contributed by atoms with van der Waals surface area (Å²) in [7, 11) is 0. The van der Waals surface area contributed by atoms with E-state index in [1.807, 2.05) is 0 Å². The normalized spacial score (nSPS) is 34.5. The maximum Gasteiger partial charge on any atom is 0.410 e. The molecule has 0 amide bonds. The van der Waals surface area contributed by atoms with Crippen LogP contribution in [0.4, 0.5) is 19.1 Å². The van der Waals surface area contributed by atoms with Crippen LogP contribution in [0.1, 0.15) is 6.42 Å². The van der Waals surface area contributed by atoms with Crippen LogP contribution in [0.5, 0.6) is 0 Å². The average molecular weight is 300 g/mol. The van der Waals surface area contributed by atoms with Crippen LogP contribution in [-0.4, -0.2) is 52.3 Å². The van der Waals surface area contributed by atoms with Crippen LogP contribution < -0.4 is 10.5 Å². The van der Waals surface area contributed by atoms with Crippen LogP contribution in [0.15, 0.2) is 17.1 Å². The average Bonchev–Trinajstić information content (AvgIpc) is 3.10. The first-order valence-corrected chi connectivity index (χ1v) is 7.08. The molecular formula is C13H15F3N4O. The number of fused-ring (bicyclic) bond motifs is 3. The lowest BCUT2D eigenvalue weighted by Gasteiger charge is -2.36. The molecule has 0 saturated carbocycles. The zero-order chi connectivity index (χ0) is 14.8. The fourth-order valence-electron chi connectivity index (χ4n) is 3.92. The Morgan fingerprint density at radius 2 is 2.05 bits per heavy atom. The molecule has 2 bridgehead atoms. The number of aromatic nitrogens is 2. The van der Waals surface area contributed by atoms with Crippen molar-refractivity contribution in [3.8, 4) is 0 Å². The molecule has 21 heavy (non-hydrogen) atoms. The number of halogens is 3. The second-order valence-corrected chi connectivity index (χ2v) is 6.03. The lowest BCUT2D eigenvalue weighted by Crippen LogP contribution is -2.53. The van der Waals surface area contributed by atoms with Crippen molar-refractivity contribution in [2.45, 2.75) is 31.2 Å². The number of hydrogen-bond acceptors (Lipinski definition) is 4. The van der Waals surface area contributed by atoms with Crippen molar-refractivity contribution in [2.75, 3.05) is 24.5 Å². The first-order valence-electron chi connectivity index (χ1n) is 7.08. The summed E-state index contributed by atoms with van der Waals surface area (Å²) in [5.74, 6) is 0.405. The first kappa shape index (κ1) is 13.1. The van der Waals surface area contributed by atoms with Crippen molar-refractivity contribution in [3.63, 3.8) is 0 Å². The summed E-state index contributed by atoms with van der Waals surface area (Å²) in [5.41, 5.74) is -0.416. The van der Waals surface area contributed by atoms with Crippen LogP contribution >= 0.6 is 0 Å². The van der Waals surface area contributed by atoms with E-state index in [9.17, 15) is 18.0 Å². The van der Waals surface area contributed by atoms with Crippen LogP contribution in [0, 0.1) is 5.92 Å². The third-order valence-corrected chi connectivity index (χ3v) is 4.87. The van der Waals surface area contributed by atoms with Gasteiger partial charge in [0.15, 0.2) is 0 Å². The highest BCUT2D eigenvalue weighted by Gasteiger charge is 2.54. The molecule has 114 valence electrons. The van der Waals surface area contributed by atoms with Crippen molar-refractivity contribution in [1.82, 2.24) is 14.5 Å². The fourth-order valence-corrected chi connectivity index (χ4v) is 3.92. The molecule has 4 rings (SSSR count). The second-order valence-electron chi connectivity index (χ2n) is 6.03. The Labute approximate surface area is 119 Å². The Hall–Kier alpha value is -1.57. The molecule has 2 saturated heterocycles. The van der Waals surface area contributed by atoms with Crippen LogP contribution in [-0.2, 0) is 6.54 Å². The number of hydrogen-bond donors (Lipinski definition) is 0. The molecule has 0 radical (unpaired) electrons. The lowest BCUT2D eigenvalue weighted by atomic mass is 9.97. The molecule has 1 unspecified atom stereocenters. The molecule has 0 aliphatic carbocycles. The highest BCUT2D eigenvalue weighted by molar-refractivity contribution is 5.41. The Bertz CT molecular complexity index is 629. The number of anilines is 1. The number of nitrogens with zero attached hydrogens (tertiary/aromatic N) is 4. The highest BCUT2D eigenvalue weighted by Crippen LogP contribution is 2.40.